The molecule has 1 unspecified atom stereocenters. The largest absolute Gasteiger partial charge is 0.477 e. The highest BCUT2D eigenvalue weighted by atomic mass is 16.5. The minimum absolute atomic E-state index is 0.0543. The summed E-state index contributed by atoms with van der Waals surface area (Å²) >= 11 is 0. The van der Waals surface area contributed by atoms with Crippen LogP contribution in [-0.2, 0) is 4.79 Å². The standard InChI is InChI=1S/C12H16N2O4/c1-3-6(4-2)10-11(15)14-8-7(18-10)5-13-9(8)12(16)17/h5-6,10,13H,3-4H2,1-2H3,(H,14,15)(H,16,17). The van der Waals surface area contributed by atoms with Crippen molar-refractivity contribution < 1.29 is 19.4 Å². The van der Waals surface area contributed by atoms with Gasteiger partial charge in [0.2, 0.25) is 0 Å². The van der Waals surface area contributed by atoms with E-state index in [9.17, 15) is 9.59 Å². The first-order chi connectivity index (χ1) is 8.58. The second-order valence-electron chi connectivity index (χ2n) is 4.31. The van der Waals surface area contributed by atoms with Gasteiger partial charge in [-0.05, 0) is 12.8 Å². The number of carboxylic acid groups (broad SMARTS) is 1. The summed E-state index contributed by atoms with van der Waals surface area (Å²) in [6.45, 7) is 4.00. The van der Waals surface area contributed by atoms with Crippen molar-refractivity contribution in [1.29, 1.82) is 0 Å². The lowest BCUT2D eigenvalue weighted by Crippen LogP contribution is -2.42. The number of fused-ring (bicyclic) bond motifs is 1. The fourth-order valence-corrected chi connectivity index (χ4v) is 2.20. The highest BCUT2D eigenvalue weighted by molar-refractivity contribution is 6.04. The van der Waals surface area contributed by atoms with Crippen molar-refractivity contribution in [1.82, 2.24) is 4.98 Å². The van der Waals surface area contributed by atoms with Gasteiger partial charge in [0, 0.05) is 12.1 Å². The number of amides is 1. The molecule has 0 aromatic carbocycles. The zero-order valence-corrected chi connectivity index (χ0v) is 10.3. The summed E-state index contributed by atoms with van der Waals surface area (Å²) in [5.41, 5.74) is 0.163. The van der Waals surface area contributed by atoms with Crippen LogP contribution in [0.15, 0.2) is 6.20 Å². The second kappa shape index (κ2) is 4.72. The highest BCUT2D eigenvalue weighted by Crippen LogP contribution is 2.35. The van der Waals surface area contributed by atoms with E-state index in [1.807, 2.05) is 13.8 Å². The zero-order valence-electron chi connectivity index (χ0n) is 10.3. The molecule has 6 nitrogen and oxygen atoms in total. The third kappa shape index (κ3) is 1.94. The van der Waals surface area contributed by atoms with Crippen LogP contribution in [0.2, 0.25) is 0 Å². The summed E-state index contributed by atoms with van der Waals surface area (Å²) in [6, 6.07) is 0. The smallest absolute Gasteiger partial charge is 0.354 e. The second-order valence-corrected chi connectivity index (χ2v) is 4.31. The van der Waals surface area contributed by atoms with Crippen molar-refractivity contribution in [3.8, 4) is 5.75 Å². The summed E-state index contributed by atoms with van der Waals surface area (Å²) < 4.78 is 5.61. The molecular formula is C12H16N2O4. The topological polar surface area (TPSA) is 91.4 Å². The molecule has 0 saturated carbocycles. The molecule has 1 aliphatic heterocycles. The molecule has 6 heteroatoms. The average Bonchev–Trinajstić information content (AvgIpc) is 2.73. The Kier molecular flexibility index (Phi) is 3.27. The number of carboxylic acids is 1. The summed E-state index contributed by atoms with van der Waals surface area (Å²) in [6.07, 6.45) is 2.58. The Balaban J connectivity index is 2.29. The van der Waals surface area contributed by atoms with E-state index in [2.05, 4.69) is 10.3 Å². The van der Waals surface area contributed by atoms with Gasteiger partial charge in [0.15, 0.2) is 17.5 Å². The Morgan fingerprint density at radius 2 is 2.17 bits per heavy atom. The van der Waals surface area contributed by atoms with Crippen LogP contribution in [0.3, 0.4) is 0 Å². The van der Waals surface area contributed by atoms with Gasteiger partial charge in [-0.15, -0.1) is 0 Å². The Hall–Kier alpha value is -1.98. The summed E-state index contributed by atoms with van der Waals surface area (Å²) in [7, 11) is 0. The molecular weight excluding hydrogens is 236 g/mol. The lowest BCUT2D eigenvalue weighted by atomic mass is 9.95. The van der Waals surface area contributed by atoms with E-state index in [1.165, 1.54) is 6.20 Å². The SMILES string of the molecule is CCC(CC)C1Oc2c[nH]c(C(=O)O)c2NC1=O. The maximum absolute atomic E-state index is 11.9. The molecule has 2 heterocycles. The van der Waals surface area contributed by atoms with Crippen molar-refractivity contribution in [2.24, 2.45) is 5.92 Å². The predicted molar refractivity (Wildman–Crippen MR) is 64.9 cm³/mol. The molecule has 1 aromatic rings. The van der Waals surface area contributed by atoms with Gasteiger partial charge in [0.1, 0.15) is 5.69 Å². The third-order valence-electron chi connectivity index (χ3n) is 3.30. The molecule has 0 radical (unpaired) electrons. The van der Waals surface area contributed by atoms with Crippen LogP contribution < -0.4 is 10.1 Å². The van der Waals surface area contributed by atoms with E-state index < -0.39 is 12.1 Å². The fraction of sp³-hybridized carbons (Fsp3) is 0.500. The molecule has 0 fully saturated rings. The maximum Gasteiger partial charge on any atom is 0.354 e. The van der Waals surface area contributed by atoms with Gasteiger partial charge in [0.25, 0.3) is 5.91 Å². The molecule has 0 spiro atoms. The predicted octanol–water partition coefficient (Wildman–Crippen LogP) is 1.85. The first-order valence-electron chi connectivity index (χ1n) is 6.00. The number of nitrogens with one attached hydrogen (secondary N) is 2. The fourth-order valence-electron chi connectivity index (χ4n) is 2.20. The number of aromatic carboxylic acids is 1. The molecule has 1 aromatic heterocycles. The number of aromatic amines is 1. The van der Waals surface area contributed by atoms with Gasteiger partial charge in [-0.3, -0.25) is 4.79 Å². The Morgan fingerprint density at radius 1 is 1.50 bits per heavy atom. The third-order valence-corrected chi connectivity index (χ3v) is 3.30. The normalized spacial score (nSPS) is 18.2. The molecule has 0 aliphatic carbocycles. The van der Waals surface area contributed by atoms with Crippen LogP contribution in [0.4, 0.5) is 5.69 Å². The van der Waals surface area contributed by atoms with Crippen LogP contribution in [0.5, 0.6) is 5.75 Å². The van der Waals surface area contributed by atoms with Gasteiger partial charge in [-0.1, -0.05) is 13.8 Å². The number of carbonyl (C=O) groups excluding carboxylic acids is 1. The first-order valence-corrected chi connectivity index (χ1v) is 6.00. The molecule has 1 amide bonds. The molecule has 0 saturated heterocycles. The number of ether oxygens (including phenoxy) is 1. The van der Waals surface area contributed by atoms with Crippen LogP contribution >= 0.6 is 0 Å². The van der Waals surface area contributed by atoms with Gasteiger partial charge < -0.3 is 20.1 Å². The lowest BCUT2D eigenvalue weighted by Gasteiger charge is -2.29. The number of hydrogen-bond donors (Lipinski definition) is 3. The van der Waals surface area contributed by atoms with Crippen molar-refractivity contribution in [3.63, 3.8) is 0 Å². The van der Waals surface area contributed by atoms with Crippen molar-refractivity contribution >= 4 is 17.6 Å². The monoisotopic (exact) mass is 252 g/mol. The molecule has 0 bridgehead atoms. The van der Waals surface area contributed by atoms with Crippen molar-refractivity contribution in [3.05, 3.63) is 11.9 Å². The Bertz CT molecular complexity index is 476. The van der Waals surface area contributed by atoms with Crippen LogP contribution in [0.1, 0.15) is 37.2 Å². The number of H-pyrrole nitrogens is 1. The summed E-state index contributed by atoms with van der Waals surface area (Å²) in [5.74, 6) is -0.885. The minimum Gasteiger partial charge on any atom is -0.477 e. The minimum atomic E-state index is -1.12. The van der Waals surface area contributed by atoms with Gasteiger partial charge in [-0.2, -0.15) is 0 Å². The summed E-state index contributed by atoms with van der Waals surface area (Å²) in [5, 5.41) is 11.6. The number of aromatic nitrogens is 1. The Labute approximate surface area is 104 Å². The Morgan fingerprint density at radius 3 is 2.72 bits per heavy atom. The zero-order chi connectivity index (χ0) is 13.3. The quantitative estimate of drug-likeness (QED) is 0.762. The highest BCUT2D eigenvalue weighted by Gasteiger charge is 2.35. The molecule has 18 heavy (non-hydrogen) atoms. The average molecular weight is 252 g/mol. The first kappa shape index (κ1) is 12.5. The van der Waals surface area contributed by atoms with Crippen molar-refractivity contribution in [2.45, 2.75) is 32.8 Å². The molecule has 1 atom stereocenters. The lowest BCUT2D eigenvalue weighted by molar-refractivity contribution is -0.126. The van der Waals surface area contributed by atoms with E-state index in [-0.39, 0.29) is 23.2 Å². The van der Waals surface area contributed by atoms with E-state index in [1.54, 1.807) is 0 Å². The molecule has 98 valence electrons. The van der Waals surface area contributed by atoms with Crippen LogP contribution in [0.25, 0.3) is 0 Å². The van der Waals surface area contributed by atoms with E-state index in [0.717, 1.165) is 12.8 Å². The van der Waals surface area contributed by atoms with E-state index >= 15 is 0 Å². The number of anilines is 1. The number of rotatable bonds is 4. The maximum atomic E-state index is 11.9. The van der Waals surface area contributed by atoms with E-state index in [4.69, 9.17) is 9.84 Å². The molecule has 3 N–H and O–H groups in total. The van der Waals surface area contributed by atoms with Gasteiger partial charge >= 0.3 is 5.97 Å². The molecule has 1 aliphatic rings. The van der Waals surface area contributed by atoms with Crippen molar-refractivity contribution in [2.75, 3.05) is 5.32 Å². The van der Waals surface area contributed by atoms with Gasteiger partial charge in [0.05, 0.1) is 0 Å². The van der Waals surface area contributed by atoms with E-state index in [0.29, 0.717) is 5.75 Å². The molecule has 2 rings (SSSR count). The number of hydrogen-bond acceptors (Lipinski definition) is 3. The summed E-state index contributed by atoms with van der Waals surface area (Å²) in [4.78, 5) is 25.5. The van der Waals surface area contributed by atoms with Gasteiger partial charge in [-0.25, -0.2) is 4.79 Å². The van der Waals surface area contributed by atoms with Crippen LogP contribution in [-0.4, -0.2) is 28.1 Å². The number of carbonyl (C=O) groups is 2. The van der Waals surface area contributed by atoms with Crippen LogP contribution in [0, 0.1) is 5.92 Å².